The molecule has 0 spiro atoms. The number of benzene rings is 3. The Morgan fingerprint density at radius 3 is 2.33 bits per heavy atom. The van der Waals surface area contributed by atoms with Gasteiger partial charge in [-0.15, -0.1) is 0 Å². The van der Waals surface area contributed by atoms with E-state index in [0.717, 1.165) is 44.6 Å². The Kier molecular flexibility index (Phi) is 10.8. The molecule has 310 valence electrons. The van der Waals surface area contributed by atoms with Crippen LogP contribution in [0.1, 0.15) is 91.3 Å². The summed E-state index contributed by atoms with van der Waals surface area (Å²) in [6, 6.07) is 21.9. The number of carbonyl (C=O) groups is 3. The van der Waals surface area contributed by atoms with Crippen LogP contribution in [0.5, 0.6) is 0 Å². The molecule has 2 atom stereocenters. The fraction of sp³-hybridized carbons (Fsp3) is 0.356. The predicted molar refractivity (Wildman–Crippen MR) is 222 cm³/mol. The molecule has 8 rings (SSSR count). The number of amides is 3. The number of H-pyrrole nitrogens is 1. The number of pyridine rings is 1. The first-order valence-electron chi connectivity index (χ1n) is 20.1. The van der Waals surface area contributed by atoms with Gasteiger partial charge in [0.25, 0.3) is 17.7 Å². The quantitative estimate of drug-likeness (QED) is 0.121. The number of imide groups is 1. The molecule has 0 radical (unpaired) electrons. The molecule has 3 aromatic heterocycles. The maximum atomic E-state index is 15.4. The van der Waals surface area contributed by atoms with Crippen molar-refractivity contribution in [2.45, 2.75) is 70.8 Å². The average molecular weight is 816 g/mol. The van der Waals surface area contributed by atoms with Crippen LogP contribution in [0, 0.1) is 6.92 Å². The second kappa shape index (κ2) is 16.0. The van der Waals surface area contributed by atoms with E-state index in [9.17, 15) is 14.4 Å². The van der Waals surface area contributed by atoms with Gasteiger partial charge in [0.2, 0.25) is 17.7 Å². The molecule has 5 heterocycles. The SMILES string of the molecule is Cc1cc(-c2n[nH]c3ncc(-c4ccc(N5CCN(CC(F)(F)c6ccc(C7CCC(=O)NC7=O)cc6)CC5)cc4)cc23)ccc1[C@@H](C)NC(=O)c1noc(C(C)(C)C)n1. The van der Waals surface area contributed by atoms with Gasteiger partial charge in [-0.2, -0.15) is 18.9 Å². The number of piperazine rings is 1. The molecule has 13 nitrogen and oxygen atoms in total. The molecule has 0 bridgehead atoms. The van der Waals surface area contributed by atoms with Gasteiger partial charge < -0.3 is 14.7 Å². The highest BCUT2D eigenvalue weighted by molar-refractivity contribution is 6.01. The van der Waals surface area contributed by atoms with Crippen molar-refractivity contribution in [2.24, 2.45) is 0 Å². The molecule has 1 unspecified atom stereocenters. The van der Waals surface area contributed by atoms with Gasteiger partial charge in [-0.3, -0.25) is 29.7 Å². The first-order chi connectivity index (χ1) is 28.6. The second-order valence-electron chi connectivity index (χ2n) is 16.8. The number of aromatic nitrogens is 5. The molecule has 2 saturated heterocycles. The minimum absolute atomic E-state index is 0.00256. The van der Waals surface area contributed by atoms with E-state index in [1.165, 1.54) is 12.1 Å². The number of fused-ring (bicyclic) bond motifs is 1. The van der Waals surface area contributed by atoms with Crippen molar-refractivity contribution in [3.05, 3.63) is 113 Å². The number of piperidine rings is 1. The van der Waals surface area contributed by atoms with E-state index in [1.54, 1.807) is 17.0 Å². The second-order valence-corrected chi connectivity index (χ2v) is 16.8. The molecule has 3 amide bonds. The van der Waals surface area contributed by atoms with Gasteiger partial charge >= 0.3 is 0 Å². The van der Waals surface area contributed by atoms with Crippen LogP contribution in [0.25, 0.3) is 33.4 Å². The summed E-state index contributed by atoms with van der Waals surface area (Å²) >= 11 is 0. The summed E-state index contributed by atoms with van der Waals surface area (Å²) in [5.41, 5.74) is 7.35. The highest BCUT2D eigenvalue weighted by Gasteiger charge is 2.36. The molecule has 2 fully saturated rings. The summed E-state index contributed by atoms with van der Waals surface area (Å²) in [6.45, 7) is 11.5. The monoisotopic (exact) mass is 815 g/mol. The number of anilines is 1. The topological polar surface area (TPSA) is 162 Å². The fourth-order valence-electron chi connectivity index (χ4n) is 7.92. The third kappa shape index (κ3) is 8.39. The van der Waals surface area contributed by atoms with Crippen LogP contribution >= 0.6 is 0 Å². The predicted octanol–water partition coefficient (Wildman–Crippen LogP) is 7.21. The minimum Gasteiger partial charge on any atom is -0.369 e. The van der Waals surface area contributed by atoms with Crippen molar-refractivity contribution < 1.29 is 27.7 Å². The molecular weight excluding hydrogens is 769 g/mol. The van der Waals surface area contributed by atoms with Crippen molar-refractivity contribution >= 4 is 34.4 Å². The lowest BCUT2D eigenvalue weighted by Gasteiger charge is -2.37. The molecule has 3 N–H and O–H groups in total. The lowest BCUT2D eigenvalue weighted by Crippen LogP contribution is -2.49. The number of hydrogen-bond acceptors (Lipinski definition) is 10. The Morgan fingerprint density at radius 1 is 0.950 bits per heavy atom. The number of nitrogens with zero attached hydrogens (tertiary/aromatic N) is 6. The molecule has 3 aromatic carbocycles. The Hall–Kier alpha value is -6.35. The van der Waals surface area contributed by atoms with Gasteiger partial charge in [-0.1, -0.05) is 74.5 Å². The zero-order valence-corrected chi connectivity index (χ0v) is 34.2. The Morgan fingerprint density at radius 2 is 1.67 bits per heavy atom. The fourth-order valence-corrected chi connectivity index (χ4v) is 7.92. The maximum Gasteiger partial charge on any atom is 0.293 e. The zero-order chi connectivity index (χ0) is 42.3. The largest absolute Gasteiger partial charge is 0.369 e. The third-order valence-corrected chi connectivity index (χ3v) is 11.4. The van der Waals surface area contributed by atoms with Gasteiger partial charge in [0, 0.05) is 72.0 Å². The van der Waals surface area contributed by atoms with Gasteiger partial charge in [-0.05, 0) is 66.8 Å². The van der Waals surface area contributed by atoms with Crippen molar-refractivity contribution in [3.8, 4) is 22.4 Å². The summed E-state index contributed by atoms with van der Waals surface area (Å²) < 4.78 is 36.2. The van der Waals surface area contributed by atoms with E-state index in [4.69, 9.17) is 4.52 Å². The average Bonchev–Trinajstić information content (AvgIpc) is 3.90. The summed E-state index contributed by atoms with van der Waals surface area (Å²) in [6.07, 6.45) is 2.42. The summed E-state index contributed by atoms with van der Waals surface area (Å²) in [4.78, 5) is 49.6. The van der Waals surface area contributed by atoms with Gasteiger partial charge in [0.15, 0.2) is 5.65 Å². The molecule has 6 aromatic rings. The van der Waals surface area contributed by atoms with Crippen LogP contribution in [-0.2, 0) is 20.9 Å². The van der Waals surface area contributed by atoms with E-state index in [2.05, 4.69) is 46.9 Å². The summed E-state index contributed by atoms with van der Waals surface area (Å²) in [5, 5.41) is 17.7. The van der Waals surface area contributed by atoms with E-state index >= 15 is 8.78 Å². The van der Waals surface area contributed by atoms with Crippen LogP contribution in [0.15, 0.2) is 83.5 Å². The standard InChI is InChI=1S/C45H47F2N9O4/c1-26-22-30(10-15-34(26)27(2)49-42(59)40-51-43(60-54-40)44(3,4)5)38-36-23-31(24-48-39(36)53-52-38)28-8-13-33(14-9-28)56-20-18-55(19-21-56)25-45(46,47)32-11-6-29(7-12-32)35-16-17-37(57)50-41(35)58/h6-15,22-24,27,35H,16-21,25H2,1-5H3,(H,49,59)(H,48,52,53)(H,50,57,58)/t27-,35?/m1/s1. The zero-order valence-electron chi connectivity index (χ0n) is 34.2. The Labute approximate surface area is 346 Å². The molecule has 60 heavy (non-hydrogen) atoms. The number of carbonyl (C=O) groups excluding carboxylic acids is 3. The van der Waals surface area contributed by atoms with Crippen molar-refractivity contribution in [2.75, 3.05) is 37.6 Å². The van der Waals surface area contributed by atoms with Crippen molar-refractivity contribution in [1.82, 2.24) is 40.9 Å². The normalized spacial score (nSPS) is 17.2. The van der Waals surface area contributed by atoms with Gasteiger partial charge in [0.1, 0.15) is 5.69 Å². The lowest BCUT2D eigenvalue weighted by molar-refractivity contribution is -0.134. The first kappa shape index (κ1) is 40.4. The number of nitrogens with one attached hydrogen (secondary N) is 3. The number of hydrogen-bond donors (Lipinski definition) is 3. The van der Waals surface area contributed by atoms with Gasteiger partial charge in [-0.25, -0.2) is 4.98 Å². The maximum absolute atomic E-state index is 15.4. The highest BCUT2D eigenvalue weighted by Crippen LogP contribution is 2.34. The smallest absolute Gasteiger partial charge is 0.293 e. The highest BCUT2D eigenvalue weighted by atomic mass is 19.3. The minimum atomic E-state index is -3.06. The summed E-state index contributed by atoms with van der Waals surface area (Å²) in [5.74, 6) is -4.28. The van der Waals surface area contributed by atoms with E-state index < -0.39 is 24.3 Å². The lowest BCUT2D eigenvalue weighted by atomic mass is 9.89. The molecular formula is C45H47F2N9O4. The Balaban J connectivity index is 0.883. The van der Waals surface area contributed by atoms with Crippen LogP contribution in [-0.4, -0.2) is 80.7 Å². The summed E-state index contributed by atoms with van der Waals surface area (Å²) in [7, 11) is 0. The molecule has 15 heteroatoms. The number of aryl methyl sites for hydroxylation is 1. The number of alkyl halides is 2. The number of rotatable bonds is 10. The van der Waals surface area contributed by atoms with Crippen molar-refractivity contribution in [3.63, 3.8) is 0 Å². The van der Waals surface area contributed by atoms with Crippen LogP contribution in [0.2, 0.25) is 0 Å². The molecule has 2 aliphatic heterocycles. The number of aromatic amines is 1. The van der Waals surface area contributed by atoms with Crippen LogP contribution in [0.3, 0.4) is 0 Å². The molecule has 0 saturated carbocycles. The molecule has 0 aliphatic carbocycles. The first-order valence-corrected chi connectivity index (χ1v) is 20.1. The van der Waals surface area contributed by atoms with E-state index in [0.29, 0.717) is 49.7 Å². The number of halogens is 2. The van der Waals surface area contributed by atoms with Crippen LogP contribution in [0.4, 0.5) is 14.5 Å². The molecule has 2 aliphatic rings. The Bertz CT molecular complexity index is 2550. The van der Waals surface area contributed by atoms with E-state index in [-0.39, 0.29) is 41.1 Å². The van der Waals surface area contributed by atoms with Crippen LogP contribution < -0.4 is 15.5 Å². The third-order valence-electron chi connectivity index (χ3n) is 11.4. The van der Waals surface area contributed by atoms with Crippen molar-refractivity contribution in [1.29, 1.82) is 0 Å². The van der Waals surface area contributed by atoms with Gasteiger partial charge in [0.05, 0.1) is 18.5 Å². The van der Waals surface area contributed by atoms with E-state index in [1.807, 2.05) is 83.3 Å².